The highest BCUT2D eigenvalue weighted by Crippen LogP contribution is 2.00. The molecule has 0 bridgehead atoms. The van der Waals surface area contributed by atoms with Gasteiger partial charge >= 0.3 is 5.97 Å². The maximum atomic E-state index is 10.5. The van der Waals surface area contributed by atoms with Crippen molar-refractivity contribution in [2.24, 2.45) is 11.7 Å². The third-order valence-electron chi connectivity index (χ3n) is 1.35. The number of ether oxygens (including phenoxy) is 1. The smallest absolute Gasteiger partial charge is 0.319 e. The molecule has 0 aromatic heterocycles. The fraction of sp³-hybridized carbons (Fsp3) is 0.857. The van der Waals surface area contributed by atoms with Crippen molar-refractivity contribution in [2.45, 2.75) is 20.0 Å². The number of nitrogens with two attached hydrogens (primary N) is 1. The quantitative estimate of drug-likeness (QED) is 0.545. The molecule has 0 saturated carbocycles. The van der Waals surface area contributed by atoms with Gasteiger partial charge in [-0.25, -0.2) is 0 Å². The third kappa shape index (κ3) is 4.75. The van der Waals surface area contributed by atoms with Crippen molar-refractivity contribution in [1.29, 1.82) is 0 Å². The van der Waals surface area contributed by atoms with Crippen molar-refractivity contribution in [1.82, 2.24) is 0 Å². The van der Waals surface area contributed by atoms with Crippen LogP contribution in [0.25, 0.3) is 0 Å². The van der Waals surface area contributed by atoms with Crippen molar-refractivity contribution in [3.8, 4) is 0 Å². The minimum Gasteiger partial charge on any atom is -0.462 e. The predicted molar refractivity (Wildman–Crippen MR) is 40.9 cm³/mol. The molecule has 3 N–H and O–H groups in total. The molecule has 0 spiro atoms. The van der Waals surface area contributed by atoms with Crippen LogP contribution in [0.4, 0.5) is 0 Å². The molecular weight excluding hydrogens is 146 g/mol. The number of aliphatic hydroxyl groups is 1. The minimum absolute atomic E-state index is 0.0354. The van der Waals surface area contributed by atoms with Gasteiger partial charge in [-0.3, -0.25) is 4.79 Å². The Bertz CT molecular complexity index is 125. The predicted octanol–water partition coefficient (Wildman–Crippen LogP) is -0.495. The Hall–Kier alpha value is -0.610. The average molecular weight is 161 g/mol. The Labute approximate surface area is 66.3 Å². The molecular formula is C7H15NO3. The molecule has 0 aliphatic carbocycles. The van der Waals surface area contributed by atoms with Crippen LogP contribution in [0.15, 0.2) is 0 Å². The lowest BCUT2D eigenvalue weighted by atomic mass is 10.1. The van der Waals surface area contributed by atoms with Crippen LogP contribution in [0.5, 0.6) is 0 Å². The molecule has 0 heterocycles. The molecule has 0 aromatic carbocycles. The van der Waals surface area contributed by atoms with E-state index in [1.807, 2.05) is 13.8 Å². The molecule has 0 rings (SSSR count). The fourth-order valence-corrected chi connectivity index (χ4v) is 0.430. The number of hydrogen-bond donors (Lipinski definition) is 2. The first-order valence-corrected chi connectivity index (χ1v) is 3.61. The van der Waals surface area contributed by atoms with Crippen LogP contribution >= 0.6 is 0 Å². The van der Waals surface area contributed by atoms with Gasteiger partial charge in [-0.2, -0.15) is 0 Å². The summed E-state index contributed by atoms with van der Waals surface area (Å²) >= 11 is 0. The summed E-state index contributed by atoms with van der Waals surface area (Å²) in [6.07, 6.45) is -0.592. The summed E-state index contributed by atoms with van der Waals surface area (Å²) in [6, 6.07) is 0. The average Bonchev–Trinajstić information content (AvgIpc) is 1.99. The standard InChI is InChI=1S/C7H15NO3/c1-5(2)6(9)4-11-7(10)3-8/h5-6,9H,3-4,8H2,1-2H3/t6-/m0/s1. The largest absolute Gasteiger partial charge is 0.462 e. The van der Waals surface area contributed by atoms with Crippen LogP contribution in [-0.2, 0) is 9.53 Å². The maximum Gasteiger partial charge on any atom is 0.319 e. The zero-order valence-corrected chi connectivity index (χ0v) is 6.91. The van der Waals surface area contributed by atoms with E-state index >= 15 is 0 Å². The second-order valence-corrected chi connectivity index (χ2v) is 2.70. The molecule has 0 unspecified atom stereocenters. The molecule has 0 aliphatic rings. The van der Waals surface area contributed by atoms with E-state index in [1.54, 1.807) is 0 Å². The highest BCUT2D eigenvalue weighted by atomic mass is 16.5. The van der Waals surface area contributed by atoms with Crippen LogP contribution in [0.1, 0.15) is 13.8 Å². The number of carbonyl (C=O) groups excluding carboxylic acids is 1. The molecule has 4 heteroatoms. The number of aliphatic hydroxyl groups excluding tert-OH is 1. The summed E-state index contributed by atoms with van der Waals surface area (Å²) in [4.78, 5) is 10.5. The maximum absolute atomic E-state index is 10.5. The summed E-state index contributed by atoms with van der Waals surface area (Å²) in [5.74, 6) is -0.384. The zero-order chi connectivity index (χ0) is 8.85. The van der Waals surface area contributed by atoms with Gasteiger partial charge in [0, 0.05) is 0 Å². The highest BCUT2D eigenvalue weighted by Gasteiger charge is 2.10. The summed E-state index contributed by atoms with van der Waals surface area (Å²) in [7, 11) is 0. The Kier molecular flexibility index (Phi) is 4.81. The van der Waals surface area contributed by atoms with Gasteiger partial charge in [0.25, 0.3) is 0 Å². The molecule has 0 amide bonds. The molecule has 66 valence electrons. The highest BCUT2D eigenvalue weighted by molar-refractivity contribution is 5.71. The number of esters is 1. The summed E-state index contributed by atoms with van der Waals surface area (Å²) in [5.41, 5.74) is 4.98. The Balaban J connectivity index is 3.45. The summed E-state index contributed by atoms with van der Waals surface area (Å²) in [6.45, 7) is 3.60. The molecule has 1 atom stereocenters. The van der Waals surface area contributed by atoms with E-state index in [9.17, 15) is 4.79 Å². The van der Waals surface area contributed by atoms with E-state index in [0.29, 0.717) is 0 Å². The van der Waals surface area contributed by atoms with Gasteiger partial charge in [0.05, 0.1) is 12.6 Å². The van der Waals surface area contributed by atoms with Gasteiger partial charge in [-0.1, -0.05) is 13.8 Å². The van der Waals surface area contributed by atoms with Crippen LogP contribution in [-0.4, -0.2) is 30.3 Å². The second-order valence-electron chi connectivity index (χ2n) is 2.70. The molecule has 0 aromatic rings. The monoisotopic (exact) mass is 161 g/mol. The van der Waals surface area contributed by atoms with Gasteiger partial charge in [0.1, 0.15) is 6.61 Å². The minimum atomic E-state index is -0.592. The molecule has 0 saturated heterocycles. The lowest BCUT2D eigenvalue weighted by molar-refractivity contribution is -0.145. The van der Waals surface area contributed by atoms with E-state index in [-0.39, 0.29) is 19.1 Å². The van der Waals surface area contributed by atoms with Crippen molar-refractivity contribution in [3.63, 3.8) is 0 Å². The van der Waals surface area contributed by atoms with Gasteiger partial charge in [-0.05, 0) is 5.92 Å². The molecule has 0 fully saturated rings. The molecule has 0 aliphatic heterocycles. The first kappa shape index (κ1) is 10.4. The van der Waals surface area contributed by atoms with Gasteiger partial charge in [0.15, 0.2) is 0 Å². The van der Waals surface area contributed by atoms with Crippen molar-refractivity contribution >= 4 is 5.97 Å². The summed E-state index contributed by atoms with van der Waals surface area (Å²) < 4.78 is 4.60. The van der Waals surface area contributed by atoms with Crippen molar-refractivity contribution in [3.05, 3.63) is 0 Å². The zero-order valence-electron chi connectivity index (χ0n) is 6.91. The normalized spacial score (nSPS) is 13.2. The van der Waals surface area contributed by atoms with Crippen LogP contribution in [0.3, 0.4) is 0 Å². The van der Waals surface area contributed by atoms with Gasteiger partial charge in [-0.15, -0.1) is 0 Å². The molecule has 4 nitrogen and oxygen atoms in total. The third-order valence-corrected chi connectivity index (χ3v) is 1.35. The number of carbonyl (C=O) groups is 1. The lowest BCUT2D eigenvalue weighted by Gasteiger charge is -2.13. The van der Waals surface area contributed by atoms with E-state index < -0.39 is 12.1 Å². The first-order chi connectivity index (χ1) is 5.07. The molecule has 11 heavy (non-hydrogen) atoms. The lowest BCUT2D eigenvalue weighted by Crippen LogP contribution is -2.26. The van der Waals surface area contributed by atoms with E-state index in [4.69, 9.17) is 10.8 Å². The number of rotatable bonds is 4. The topological polar surface area (TPSA) is 72.5 Å². The van der Waals surface area contributed by atoms with Gasteiger partial charge < -0.3 is 15.6 Å². The summed E-state index contributed by atoms with van der Waals surface area (Å²) in [5, 5.41) is 9.15. The Morgan fingerprint density at radius 2 is 2.18 bits per heavy atom. The van der Waals surface area contributed by atoms with Crippen LogP contribution in [0, 0.1) is 5.92 Å². The van der Waals surface area contributed by atoms with Crippen molar-refractivity contribution in [2.75, 3.05) is 13.2 Å². The first-order valence-electron chi connectivity index (χ1n) is 3.61. The van der Waals surface area contributed by atoms with Gasteiger partial charge in [0.2, 0.25) is 0 Å². The SMILES string of the molecule is CC(C)[C@@H](O)COC(=O)CN. The Morgan fingerprint density at radius 3 is 2.55 bits per heavy atom. The van der Waals surface area contributed by atoms with Crippen molar-refractivity contribution < 1.29 is 14.6 Å². The fourth-order valence-electron chi connectivity index (χ4n) is 0.430. The van der Waals surface area contributed by atoms with Crippen LogP contribution in [0.2, 0.25) is 0 Å². The number of hydrogen-bond acceptors (Lipinski definition) is 4. The second kappa shape index (κ2) is 5.09. The Morgan fingerprint density at radius 1 is 1.64 bits per heavy atom. The van der Waals surface area contributed by atoms with E-state index in [0.717, 1.165) is 0 Å². The van der Waals surface area contributed by atoms with Crippen LogP contribution < -0.4 is 5.73 Å². The molecule has 0 radical (unpaired) electrons. The van der Waals surface area contributed by atoms with E-state index in [2.05, 4.69) is 4.74 Å². The van der Waals surface area contributed by atoms with E-state index in [1.165, 1.54) is 0 Å².